The third kappa shape index (κ3) is 3.04. The number of hydrogen-bond acceptors (Lipinski definition) is 3. The van der Waals surface area contributed by atoms with Gasteiger partial charge in [0.25, 0.3) is 0 Å². The second kappa shape index (κ2) is 6.49. The van der Waals surface area contributed by atoms with Crippen LogP contribution in [0.25, 0.3) is 22.3 Å². The van der Waals surface area contributed by atoms with E-state index in [0.717, 1.165) is 28.0 Å². The first-order valence-electron chi connectivity index (χ1n) is 8.13. The number of nitrogens with zero attached hydrogens (tertiary/aromatic N) is 2. The third-order valence-corrected chi connectivity index (χ3v) is 4.50. The summed E-state index contributed by atoms with van der Waals surface area (Å²) in [5.41, 5.74) is 7.49. The highest BCUT2D eigenvalue weighted by Gasteiger charge is 2.11. The van der Waals surface area contributed by atoms with E-state index in [2.05, 4.69) is 36.6 Å². The number of para-hydroxylation sites is 2. The summed E-state index contributed by atoms with van der Waals surface area (Å²) in [5, 5.41) is 0.955. The Balaban J connectivity index is 1.97. The van der Waals surface area contributed by atoms with E-state index in [0.29, 0.717) is 4.64 Å². The summed E-state index contributed by atoms with van der Waals surface area (Å²) in [5.74, 6) is 0.799. The summed E-state index contributed by atoms with van der Waals surface area (Å²) in [6.07, 6.45) is 0. The Labute approximate surface area is 151 Å². The first kappa shape index (κ1) is 15.5. The molecule has 0 fully saturated rings. The first-order valence-corrected chi connectivity index (χ1v) is 8.54. The van der Waals surface area contributed by atoms with Crippen molar-refractivity contribution in [2.24, 2.45) is 0 Å². The van der Waals surface area contributed by atoms with Crippen LogP contribution in [0.1, 0.15) is 5.56 Å². The summed E-state index contributed by atoms with van der Waals surface area (Å²) in [4.78, 5) is 4.87. The maximum atomic E-state index is 5.77. The van der Waals surface area contributed by atoms with Crippen molar-refractivity contribution in [2.75, 3.05) is 5.43 Å². The third-order valence-electron chi connectivity index (χ3n) is 4.10. The molecule has 0 aliphatic heterocycles. The van der Waals surface area contributed by atoms with Gasteiger partial charge in [0.1, 0.15) is 4.64 Å². The van der Waals surface area contributed by atoms with E-state index in [-0.39, 0.29) is 0 Å². The van der Waals surface area contributed by atoms with Gasteiger partial charge in [-0.3, -0.25) is 5.43 Å². The van der Waals surface area contributed by atoms with Gasteiger partial charge in [0.2, 0.25) is 0 Å². The van der Waals surface area contributed by atoms with Crippen LogP contribution in [0.4, 0.5) is 5.69 Å². The number of hydrogen-bond donors (Lipinski definition) is 1. The molecule has 0 aliphatic carbocycles. The summed E-state index contributed by atoms with van der Waals surface area (Å²) in [7, 11) is 0. The predicted octanol–water partition coefficient (Wildman–Crippen LogP) is 5.62. The predicted molar refractivity (Wildman–Crippen MR) is 106 cm³/mol. The number of fused-ring (bicyclic) bond motifs is 1. The van der Waals surface area contributed by atoms with Crippen molar-refractivity contribution in [1.29, 1.82) is 0 Å². The zero-order chi connectivity index (χ0) is 17.2. The molecule has 0 radical (unpaired) electrons. The zero-order valence-corrected chi connectivity index (χ0v) is 14.6. The minimum Gasteiger partial charge on any atom is -0.292 e. The van der Waals surface area contributed by atoms with Crippen molar-refractivity contribution in [1.82, 2.24) is 9.66 Å². The average molecular weight is 343 g/mol. The number of rotatable bonds is 3. The van der Waals surface area contributed by atoms with Crippen molar-refractivity contribution in [2.45, 2.75) is 6.92 Å². The average Bonchev–Trinajstić information content (AvgIpc) is 2.65. The minimum absolute atomic E-state index is 0.713. The Morgan fingerprint density at radius 2 is 1.52 bits per heavy atom. The second-order valence-electron chi connectivity index (χ2n) is 5.94. The fourth-order valence-corrected chi connectivity index (χ4v) is 3.08. The minimum atomic E-state index is 0.713. The van der Waals surface area contributed by atoms with Crippen LogP contribution in [0.2, 0.25) is 0 Å². The molecule has 4 rings (SSSR count). The number of aromatic nitrogens is 2. The van der Waals surface area contributed by atoms with Crippen LogP contribution in [0.3, 0.4) is 0 Å². The van der Waals surface area contributed by atoms with Crippen LogP contribution in [-0.2, 0) is 0 Å². The molecule has 4 heteroatoms. The van der Waals surface area contributed by atoms with Gasteiger partial charge in [0, 0.05) is 10.9 Å². The molecule has 1 heterocycles. The van der Waals surface area contributed by atoms with Crippen LogP contribution in [0.15, 0.2) is 78.9 Å². The molecule has 3 aromatic carbocycles. The van der Waals surface area contributed by atoms with Crippen molar-refractivity contribution in [3.05, 3.63) is 89.1 Å². The smallest absolute Gasteiger partial charge is 0.160 e. The molecule has 1 aromatic heterocycles. The van der Waals surface area contributed by atoms with Crippen molar-refractivity contribution >= 4 is 28.8 Å². The molecule has 3 nitrogen and oxygen atoms in total. The Bertz CT molecular complexity index is 1080. The fourth-order valence-electron chi connectivity index (χ4n) is 2.77. The van der Waals surface area contributed by atoms with Crippen molar-refractivity contribution in [3.8, 4) is 11.4 Å². The highest BCUT2D eigenvalue weighted by atomic mass is 32.1. The maximum Gasteiger partial charge on any atom is 0.160 e. The molecular formula is C21H17N3S. The van der Waals surface area contributed by atoms with E-state index in [1.165, 1.54) is 5.56 Å². The molecule has 0 bridgehead atoms. The van der Waals surface area contributed by atoms with Gasteiger partial charge in [-0.05, 0) is 31.2 Å². The molecule has 4 aromatic rings. The van der Waals surface area contributed by atoms with E-state index in [4.69, 9.17) is 17.2 Å². The monoisotopic (exact) mass is 343 g/mol. The maximum absolute atomic E-state index is 5.77. The van der Waals surface area contributed by atoms with Crippen LogP contribution >= 0.6 is 12.2 Å². The highest BCUT2D eigenvalue weighted by Crippen LogP contribution is 2.24. The Morgan fingerprint density at radius 3 is 2.28 bits per heavy atom. The van der Waals surface area contributed by atoms with E-state index >= 15 is 0 Å². The van der Waals surface area contributed by atoms with Gasteiger partial charge >= 0.3 is 0 Å². The lowest BCUT2D eigenvalue weighted by Gasteiger charge is -2.17. The van der Waals surface area contributed by atoms with E-state index in [9.17, 15) is 0 Å². The summed E-state index contributed by atoms with van der Waals surface area (Å²) < 4.78 is 2.60. The quantitative estimate of drug-likeness (QED) is 0.490. The van der Waals surface area contributed by atoms with Gasteiger partial charge in [0.15, 0.2) is 5.82 Å². The normalized spacial score (nSPS) is 10.8. The van der Waals surface area contributed by atoms with Crippen LogP contribution < -0.4 is 5.43 Å². The molecule has 1 N–H and O–H groups in total. The molecule has 122 valence electrons. The molecule has 0 unspecified atom stereocenters. The molecule has 0 saturated heterocycles. The topological polar surface area (TPSA) is 29.9 Å². The molecule has 0 saturated carbocycles. The van der Waals surface area contributed by atoms with Gasteiger partial charge < -0.3 is 0 Å². The lowest BCUT2D eigenvalue weighted by atomic mass is 10.1. The molecule has 0 atom stereocenters. The van der Waals surface area contributed by atoms with Gasteiger partial charge in [-0.15, -0.1) is 0 Å². The summed E-state index contributed by atoms with van der Waals surface area (Å²) >= 11 is 5.77. The number of nitrogens with one attached hydrogen (secondary N) is 1. The summed E-state index contributed by atoms with van der Waals surface area (Å²) in [6.45, 7) is 2.08. The van der Waals surface area contributed by atoms with Crippen LogP contribution in [0, 0.1) is 11.6 Å². The Hall–Kier alpha value is -2.98. The van der Waals surface area contributed by atoms with Gasteiger partial charge in [-0.25, -0.2) is 9.66 Å². The van der Waals surface area contributed by atoms with Gasteiger partial charge in [-0.2, -0.15) is 0 Å². The van der Waals surface area contributed by atoms with E-state index < -0.39 is 0 Å². The second-order valence-corrected chi connectivity index (χ2v) is 6.32. The first-order chi connectivity index (χ1) is 12.2. The number of benzene rings is 3. The van der Waals surface area contributed by atoms with Gasteiger partial charge in [-0.1, -0.05) is 72.4 Å². The molecule has 0 amide bonds. The van der Waals surface area contributed by atoms with Crippen LogP contribution in [0.5, 0.6) is 0 Å². The standard InChI is InChI=1S/C21H17N3S/c1-15-11-13-16(14-12-15)20-22-19-10-6-5-9-18(19)21(25)24(20)23-17-7-3-2-4-8-17/h2-14,23H,1H3. The summed E-state index contributed by atoms with van der Waals surface area (Å²) in [6, 6.07) is 26.3. The van der Waals surface area contributed by atoms with Crippen LogP contribution in [-0.4, -0.2) is 9.66 Å². The Morgan fingerprint density at radius 1 is 0.840 bits per heavy atom. The Kier molecular flexibility index (Phi) is 4.04. The molecule has 25 heavy (non-hydrogen) atoms. The molecule has 0 spiro atoms. The lowest BCUT2D eigenvalue weighted by Crippen LogP contribution is -2.15. The van der Waals surface area contributed by atoms with E-state index in [1.54, 1.807) is 0 Å². The zero-order valence-electron chi connectivity index (χ0n) is 13.8. The SMILES string of the molecule is Cc1ccc(-c2nc3ccccc3c(=S)n2Nc2ccccc2)cc1. The van der Waals surface area contributed by atoms with Gasteiger partial charge in [0.05, 0.1) is 11.2 Å². The lowest BCUT2D eigenvalue weighted by molar-refractivity contribution is 0.917. The van der Waals surface area contributed by atoms with E-state index in [1.807, 2.05) is 59.3 Å². The fraction of sp³-hybridized carbons (Fsp3) is 0.0476. The van der Waals surface area contributed by atoms with Crippen molar-refractivity contribution < 1.29 is 0 Å². The molecular weight excluding hydrogens is 326 g/mol. The number of aryl methyl sites for hydroxylation is 1. The largest absolute Gasteiger partial charge is 0.292 e. The number of anilines is 1. The molecule has 0 aliphatic rings. The highest BCUT2D eigenvalue weighted by molar-refractivity contribution is 7.71. The van der Waals surface area contributed by atoms with Crippen molar-refractivity contribution in [3.63, 3.8) is 0 Å².